The van der Waals surface area contributed by atoms with Crippen molar-refractivity contribution in [3.8, 4) is 11.3 Å². The number of nitrogens with zero attached hydrogens (tertiary/aromatic N) is 4. The van der Waals surface area contributed by atoms with Crippen molar-refractivity contribution in [1.29, 1.82) is 0 Å². The fourth-order valence-corrected chi connectivity index (χ4v) is 5.22. The van der Waals surface area contributed by atoms with Crippen LogP contribution in [0.2, 0.25) is 0 Å². The Kier molecular flexibility index (Phi) is 6.78. The summed E-state index contributed by atoms with van der Waals surface area (Å²) in [6.07, 6.45) is 5.75. The van der Waals surface area contributed by atoms with Crippen molar-refractivity contribution in [1.82, 2.24) is 19.7 Å². The van der Waals surface area contributed by atoms with E-state index in [1.54, 1.807) is 41.5 Å². The molecule has 0 bridgehead atoms. The Balaban J connectivity index is 1.29. The minimum absolute atomic E-state index is 0.136. The number of ether oxygens (including phenoxy) is 2. The zero-order valence-corrected chi connectivity index (χ0v) is 23.4. The molecule has 1 N–H and O–H groups in total. The Bertz CT molecular complexity index is 1190. The van der Waals surface area contributed by atoms with Crippen LogP contribution in [0.5, 0.6) is 0 Å². The predicted molar refractivity (Wildman–Crippen MR) is 142 cm³/mol. The molecule has 3 aliphatic rings. The Morgan fingerprint density at radius 1 is 1.03 bits per heavy atom. The van der Waals surface area contributed by atoms with Crippen molar-refractivity contribution in [2.75, 3.05) is 6.54 Å². The standard InChI is InChI=1S/C29H40N4O5/c1-28(2,3)37-26(35)32(27(36)38-29(4,5)6)15-17-13-19(14-17)33-16-21(25(31-33)18-7-8-18)23-10-9-20-22(30-23)11-12-24(20)34/h9-10,16-19,24,34H,7-8,11-15H2,1-6H3. The summed E-state index contributed by atoms with van der Waals surface area (Å²) in [5, 5.41) is 15.2. The maximum Gasteiger partial charge on any atom is 0.419 e. The second kappa shape index (κ2) is 9.67. The first-order valence-electron chi connectivity index (χ1n) is 13.8. The van der Waals surface area contributed by atoms with Gasteiger partial charge >= 0.3 is 12.2 Å². The number of imide groups is 1. The van der Waals surface area contributed by atoms with Gasteiger partial charge in [0.1, 0.15) is 11.2 Å². The van der Waals surface area contributed by atoms with E-state index in [1.165, 1.54) is 0 Å². The molecule has 2 aromatic heterocycles. The van der Waals surface area contributed by atoms with Gasteiger partial charge in [-0.15, -0.1) is 0 Å². The second-order valence-electron chi connectivity index (χ2n) is 13.0. The van der Waals surface area contributed by atoms with E-state index in [1.807, 2.05) is 12.1 Å². The Hall–Kier alpha value is -2.94. The summed E-state index contributed by atoms with van der Waals surface area (Å²) >= 11 is 0. The molecule has 2 heterocycles. The van der Waals surface area contributed by atoms with Crippen LogP contribution in [0.3, 0.4) is 0 Å². The van der Waals surface area contributed by atoms with Crippen LogP contribution in [0.15, 0.2) is 18.3 Å². The van der Waals surface area contributed by atoms with Gasteiger partial charge in [0.15, 0.2) is 0 Å². The lowest BCUT2D eigenvalue weighted by Gasteiger charge is -2.38. The fraction of sp³-hybridized carbons (Fsp3) is 0.655. The molecule has 0 aliphatic heterocycles. The summed E-state index contributed by atoms with van der Waals surface area (Å²) in [6.45, 7) is 10.9. The molecule has 9 nitrogen and oxygen atoms in total. The molecule has 206 valence electrons. The monoisotopic (exact) mass is 524 g/mol. The second-order valence-corrected chi connectivity index (χ2v) is 13.0. The summed E-state index contributed by atoms with van der Waals surface area (Å²) in [4.78, 5) is 31.7. The van der Waals surface area contributed by atoms with E-state index >= 15 is 0 Å². The van der Waals surface area contributed by atoms with Crippen molar-refractivity contribution in [3.05, 3.63) is 35.3 Å². The van der Waals surface area contributed by atoms with Crippen LogP contribution in [0, 0.1) is 5.92 Å². The number of pyridine rings is 1. The molecule has 0 saturated heterocycles. The molecule has 2 aromatic rings. The highest BCUT2D eigenvalue weighted by atomic mass is 16.6. The van der Waals surface area contributed by atoms with Gasteiger partial charge in [-0.2, -0.15) is 5.10 Å². The molecule has 38 heavy (non-hydrogen) atoms. The summed E-state index contributed by atoms with van der Waals surface area (Å²) in [5.41, 5.74) is 3.59. The lowest BCUT2D eigenvalue weighted by molar-refractivity contribution is -0.00642. The molecule has 3 aliphatic carbocycles. The summed E-state index contributed by atoms with van der Waals surface area (Å²) in [6, 6.07) is 4.20. The molecule has 2 fully saturated rings. The lowest BCUT2D eigenvalue weighted by Crippen LogP contribution is -2.47. The molecule has 2 saturated carbocycles. The number of aliphatic hydroxyl groups is 1. The first kappa shape index (κ1) is 26.7. The summed E-state index contributed by atoms with van der Waals surface area (Å²) < 4.78 is 13.1. The first-order chi connectivity index (χ1) is 17.8. The smallest absolute Gasteiger partial charge is 0.419 e. The van der Waals surface area contributed by atoms with Gasteiger partial charge in [-0.1, -0.05) is 6.07 Å². The molecule has 0 spiro atoms. The number of hydrogen-bond donors (Lipinski definition) is 1. The lowest BCUT2D eigenvalue weighted by atomic mass is 9.80. The van der Waals surface area contributed by atoms with Gasteiger partial charge in [-0.3, -0.25) is 9.67 Å². The van der Waals surface area contributed by atoms with Gasteiger partial charge in [0.05, 0.1) is 23.5 Å². The molecule has 0 aromatic carbocycles. The molecule has 1 unspecified atom stereocenters. The van der Waals surface area contributed by atoms with Crippen molar-refractivity contribution < 1.29 is 24.2 Å². The third kappa shape index (κ3) is 5.87. The predicted octanol–water partition coefficient (Wildman–Crippen LogP) is 5.93. The zero-order chi connectivity index (χ0) is 27.4. The van der Waals surface area contributed by atoms with Crippen LogP contribution < -0.4 is 0 Å². The normalized spacial score (nSPS) is 23.0. The highest BCUT2D eigenvalue weighted by molar-refractivity contribution is 5.88. The number of fused-ring (bicyclic) bond motifs is 1. The maximum absolute atomic E-state index is 12.9. The third-order valence-electron chi connectivity index (χ3n) is 7.28. The average molecular weight is 525 g/mol. The average Bonchev–Trinajstić information content (AvgIpc) is 3.42. The van der Waals surface area contributed by atoms with E-state index in [0.717, 1.165) is 71.6 Å². The minimum atomic E-state index is -0.714. The quantitative estimate of drug-likeness (QED) is 0.517. The number of carbonyl (C=O) groups is 2. The number of carbonyl (C=O) groups excluding carboxylic acids is 2. The Morgan fingerprint density at radius 2 is 1.66 bits per heavy atom. The summed E-state index contributed by atoms with van der Waals surface area (Å²) in [5.74, 6) is 0.606. The van der Waals surface area contributed by atoms with Crippen molar-refractivity contribution in [2.24, 2.45) is 5.92 Å². The van der Waals surface area contributed by atoms with Crippen molar-refractivity contribution in [2.45, 2.75) is 109 Å². The van der Waals surface area contributed by atoms with E-state index in [2.05, 4.69) is 10.9 Å². The molecule has 2 amide bonds. The van der Waals surface area contributed by atoms with Crippen LogP contribution in [0.4, 0.5) is 9.59 Å². The molecule has 9 heteroatoms. The largest absolute Gasteiger partial charge is 0.443 e. The molecule has 1 atom stereocenters. The number of aryl methyl sites for hydroxylation is 1. The Labute approximate surface area is 224 Å². The zero-order valence-electron chi connectivity index (χ0n) is 23.4. The van der Waals surface area contributed by atoms with Gasteiger partial charge < -0.3 is 14.6 Å². The highest BCUT2D eigenvalue weighted by Crippen LogP contribution is 2.46. The SMILES string of the molecule is CC(C)(C)OC(=O)N(CC1CC(n2cc(-c3ccc4c(n3)CCC4O)c(C3CC3)n2)C1)C(=O)OC(C)(C)C. The number of aliphatic hydroxyl groups excluding tert-OH is 1. The maximum atomic E-state index is 12.9. The molecular formula is C29H40N4O5. The van der Waals surface area contributed by atoms with Crippen LogP contribution >= 0.6 is 0 Å². The number of hydrogen-bond acceptors (Lipinski definition) is 7. The first-order valence-corrected chi connectivity index (χ1v) is 13.8. The minimum Gasteiger partial charge on any atom is -0.443 e. The van der Waals surface area contributed by atoms with E-state index in [4.69, 9.17) is 19.6 Å². The van der Waals surface area contributed by atoms with Crippen LogP contribution in [-0.2, 0) is 15.9 Å². The highest BCUT2D eigenvalue weighted by Gasteiger charge is 2.40. The van der Waals surface area contributed by atoms with Crippen molar-refractivity contribution >= 4 is 12.2 Å². The summed E-state index contributed by atoms with van der Waals surface area (Å²) in [7, 11) is 0. The fourth-order valence-electron chi connectivity index (χ4n) is 5.22. The Morgan fingerprint density at radius 3 is 2.24 bits per heavy atom. The van der Waals surface area contributed by atoms with Gasteiger partial charge in [0.2, 0.25) is 0 Å². The van der Waals surface area contributed by atoms with Crippen molar-refractivity contribution in [3.63, 3.8) is 0 Å². The molecular weight excluding hydrogens is 484 g/mol. The van der Waals surface area contributed by atoms with E-state index in [-0.39, 0.29) is 18.5 Å². The van der Waals surface area contributed by atoms with E-state index in [0.29, 0.717) is 5.92 Å². The molecule has 5 rings (SSSR count). The van der Waals surface area contributed by atoms with Crippen LogP contribution in [0.1, 0.15) is 109 Å². The number of aromatic nitrogens is 3. The van der Waals surface area contributed by atoms with E-state index < -0.39 is 29.5 Å². The molecule has 0 radical (unpaired) electrons. The van der Waals surface area contributed by atoms with Gasteiger partial charge in [-0.05, 0) is 92.1 Å². The number of amides is 2. The van der Waals surface area contributed by atoms with Crippen LogP contribution in [-0.4, -0.2) is 54.7 Å². The van der Waals surface area contributed by atoms with Crippen LogP contribution in [0.25, 0.3) is 11.3 Å². The van der Waals surface area contributed by atoms with E-state index in [9.17, 15) is 14.7 Å². The topological polar surface area (TPSA) is 107 Å². The van der Waals surface area contributed by atoms with Gasteiger partial charge in [-0.25, -0.2) is 14.5 Å². The van der Waals surface area contributed by atoms with Gasteiger partial charge in [0, 0.05) is 35.5 Å². The third-order valence-corrected chi connectivity index (χ3v) is 7.28. The van der Waals surface area contributed by atoms with Gasteiger partial charge in [0.25, 0.3) is 0 Å². The number of rotatable bonds is 5.